The third-order valence-corrected chi connectivity index (χ3v) is 3.36. The lowest BCUT2D eigenvalue weighted by Crippen LogP contribution is -2.04. The van der Waals surface area contributed by atoms with Crippen molar-refractivity contribution in [3.63, 3.8) is 0 Å². The second kappa shape index (κ2) is 6.43. The summed E-state index contributed by atoms with van der Waals surface area (Å²) in [5, 5.41) is 0. The maximum Gasteiger partial charge on any atom is 0.226 e. The lowest BCUT2D eigenvalue weighted by Gasteiger charge is -2.04. The molecule has 0 fully saturated rings. The SMILES string of the molecule is Cc1cccc(OCCc2nc(-c3ccccc3)oc2C)n1. The van der Waals surface area contributed by atoms with E-state index in [2.05, 4.69) is 9.97 Å². The van der Waals surface area contributed by atoms with Crippen LogP contribution in [0.25, 0.3) is 11.5 Å². The molecule has 0 unspecified atom stereocenters. The van der Waals surface area contributed by atoms with Gasteiger partial charge in [0.25, 0.3) is 0 Å². The van der Waals surface area contributed by atoms with Crippen molar-refractivity contribution in [1.29, 1.82) is 0 Å². The van der Waals surface area contributed by atoms with Crippen molar-refractivity contribution < 1.29 is 9.15 Å². The Labute approximate surface area is 129 Å². The molecule has 4 heteroatoms. The highest BCUT2D eigenvalue weighted by atomic mass is 16.5. The highest BCUT2D eigenvalue weighted by molar-refractivity contribution is 5.53. The Kier molecular flexibility index (Phi) is 4.19. The van der Waals surface area contributed by atoms with Gasteiger partial charge in [-0.15, -0.1) is 0 Å². The molecule has 2 heterocycles. The van der Waals surface area contributed by atoms with Crippen LogP contribution in [0.3, 0.4) is 0 Å². The van der Waals surface area contributed by atoms with Gasteiger partial charge in [-0.05, 0) is 32.0 Å². The predicted molar refractivity (Wildman–Crippen MR) is 84.8 cm³/mol. The van der Waals surface area contributed by atoms with E-state index in [0.29, 0.717) is 24.8 Å². The van der Waals surface area contributed by atoms with E-state index in [1.165, 1.54) is 0 Å². The van der Waals surface area contributed by atoms with Gasteiger partial charge >= 0.3 is 0 Å². The molecule has 3 rings (SSSR count). The molecule has 0 aliphatic heterocycles. The Morgan fingerprint density at radius 2 is 1.77 bits per heavy atom. The first-order valence-electron chi connectivity index (χ1n) is 7.30. The molecular weight excluding hydrogens is 276 g/mol. The Morgan fingerprint density at radius 1 is 0.955 bits per heavy atom. The minimum atomic E-state index is 0.526. The molecule has 0 saturated carbocycles. The Balaban J connectivity index is 1.65. The fourth-order valence-electron chi connectivity index (χ4n) is 2.21. The van der Waals surface area contributed by atoms with Crippen molar-refractivity contribution in [3.05, 3.63) is 65.7 Å². The molecular formula is C18H18N2O2. The van der Waals surface area contributed by atoms with Gasteiger partial charge in [0.2, 0.25) is 11.8 Å². The van der Waals surface area contributed by atoms with E-state index in [1.54, 1.807) is 0 Å². The zero-order chi connectivity index (χ0) is 15.4. The Morgan fingerprint density at radius 3 is 2.55 bits per heavy atom. The molecule has 2 aromatic heterocycles. The monoisotopic (exact) mass is 294 g/mol. The summed E-state index contributed by atoms with van der Waals surface area (Å²) in [7, 11) is 0. The second-order valence-electron chi connectivity index (χ2n) is 5.10. The number of rotatable bonds is 5. The first-order chi connectivity index (χ1) is 10.7. The summed E-state index contributed by atoms with van der Waals surface area (Å²) in [5.74, 6) is 2.13. The molecule has 0 spiro atoms. The van der Waals surface area contributed by atoms with Gasteiger partial charge in [-0.3, -0.25) is 0 Å². The Hall–Kier alpha value is -2.62. The number of benzene rings is 1. The molecule has 112 valence electrons. The van der Waals surface area contributed by atoms with Crippen LogP contribution in [-0.2, 0) is 6.42 Å². The number of nitrogens with zero attached hydrogens (tertiary/aromatic N) is 2. The van der Waals surface area contributed by atoms with Gasteiger partial charge in [0, 0.05) is 23.7 Å². The molecule has 0 bridgehead atoms. The molecule has 0 amide bonds. The summed E-state index contributed by atoms with van der Waals surface area (Å²) >= 11 is 0. The number of aromatic nitrogens is 2. The highest BCUT2D eigenvalue weighted by Gasteiger charge is 2.11. The van der Waals surface area contributed by atoms with Crippen molar-refractivity contribution >= 4 is 0 Å². The molecule has 4 nitrogen and oxygen atoms in total. The first-order valence-corrected chi connectivity index (χ1v) is 7.30. The van der Waals surface area contributed by atoms with Gasteiger partial charge in [0.05, 0.1) is 12.3 Å². The van der Waals surface area contributed by atoms with Gasteiger partial charge in [-0.25, -0.2) is 9.97 Å². The maximum absolute atomic E-state index is 5.74. The summed E-state index contributed by atoms with van der Waals surface area (Å²) in [6.45, 7) is 4.40. The zero-order valence-electron chi connectivity index (χ0n) is 12.7. The summed E-state index contributed by atoms with van der Waals surface area (Å²) < 4.78 is 11.4. The van der Waals surface area contributed by atoms with Crippen molar-refractivity contribution in [1.82, 2.24) is 9.97 Å². The van der Waals surface area contributed by atoms with E-state index in [1.807, 2.05) is 62.4 Å². The van der Waals surface area contributed by atoms with Gasteiger partial charge < -0.3 is 9.15 Å². The van der Waals surface area contributed by atoms with Crippen LogP contribution < -0.4 is 4.74 Å². The Bertz CT molecular complexity index is 751. The number of hydrogen-bond acceptors (Lipinski definition) is 4. The minimum absolute atomic E-state index is 0.526. The van der Waals surface area contributed by atoms with Gasteiger partial charge in [0.15, 0.2) is 0 Å². The normalized spacial score (nSPS) is 10.6. The largest absolute Gasteiger partial charge is 0.477 e. The maximum atomic E-state index is 5.74. The third-order valence-electron chi connectivity index (χ3n) is 3.36. The van der Waals surface area contributed by atoms with E-state index in [4.69, 9.17) is 9.15 Å². The van der Waals surface area contributed by atoms with Gasteiger partial charge in [-0.2, -0.15) is 0 Å². The summed E-state index contributed by atoms with van der Waals surface area (Å²) in [6, 6.07) is 15.6. The smallest absolute Gasteiger partial charge is 0.226 e. The zero-order valence-corrected chi connectivity index (χ0v) is 12.7. The number of pyridine rings is 1. The fraction of sp³-hybridized carbons (Fsp3) is 0.222. The van der Waals surface area contributed by atoms with E-state index < -0.39 is 0 Å². The average Bonchev–Trinajstić information content (AvgIpc) is 2.90. The van der Waals surface area contributed by atoms with Crippen molar-refractivity contribution in [2.75, 3.05) is 6.61 Å². The van der Waals surface area contributed by atoms with Crippen LogP contribution in [0.2, 0.25) is 0 Å². The average molecular weight is 294 g/mol. The standard InChI is InChI=1S/C18H18N2O2/c1-13-7-6-10-17(19-13)21-12-11-16-14(2)22-18(20-16)15-8-4-3-5-9-15/h3-10H,11-12H2,1-2H3. The molecule has 22 heavy (non-hydrogen) atoms. The summed E-state index contributed by atoms with van der Waals surface area (Å²) in [5.41, 5.74) is 2.85. The van der Waals surface area contributed by atoms with E-state index >= 15 is 0 Å². The topological polar surface area (TPSA) is 48.2 Å². The molecule has 0 aliphatic carbocycles. The molecule has 1 aromatic carbocycles. The minimum Gasteiger partial charge on any atom is -0.477 e. The van der Waals surface area contributed by atoms with Crippen molar-refractivity contribution in [2.45, 2.75) is 20.3 Å². The molecule has 0 radical (unpaired) electrons. The molecule has 0 saturated heterocycles. The van der Waals surface area contributed by atoms with Crippen LogP contribution in [-0.4, -0.2) is 16.6 Å². The number of hydrogen-bond donors (Lipinski definition) is 0. The highest BCUT2D eigenvalue weighted by Crippen LogP contribution is 2.21. The first kappa shape index (κ1) is 14.3. The number of aryl methyl sites for hydroxylation is 2. The van der Waals surface area contributed by atoms with Gasteiger partial charge in [-0.1, -0.05) is 24.3 Å². The second-order valence-corrected chi connectivity index (χ2v) is 5.10. The lowest BCUT2D eigenvalue weighted by molar-refractivity contribution is 0.307. The molecule has 0 N–H and O–H groups in total. The van der Waals surface area contributed by atoms with Crippen LogP contribution >= 0.6 is 0 Å². The van der Waals surface area contributed by atoms with Crippen LogP contribution in [0.1, 0.15) is 17.1 Å². The number of ether oxygens (including phenoxy) is 1. The van der Waals surface area contributed by atoms with Crippen LogP contribution in [0.4, 0.5) is 0 Å². The van der Waals surface area contributed by atoms with Crippen LogP contribution in [0, 0.1) is 13.8 Å². The predicted octanol–water partition coefficient (Wildman–Crippen LogP) is 3.97. The molecule has 0 atom stereocenters. The van der Waals surface area contributed by atoms with Gasteiger partial charge in [0.1, 0.15) is 5.76 Å². The quantitative estimate of drug-likeness (QED) is 0.714. The summed E-state index contributed by atoms with van der Waals surface area (Å²) in [4.78, 5) is 8.88. The lowest BCUT2D eigenvalue weighted by atomic mass is 10.2. The van der Waals surface area contributed by atoms with Crippen LogP contribution in [0.5, 0.6) is 5.88 Å². The third kappa shape index (κ3) is 3.34. The van der Waals surface area contributed by atoms with E-state index in [-0.39, 0.29) is 0 Å². The van der Waals surface area contributed by atoms with Crippen molar-refractivity contribution in [2.24, 2.45) is 0 Å². The van der Waals surface area contributed by atoms with E-state index in [0.717, 1.165) is 22.7 Å². The van der Waals surface area contributed by atoms with Crippen LogP contribution in [0.15, 0.2) is 52.9 Å². The fourth-order valence-corrected chi connectivity index (χ4v) is 2.21. The summed E-state index contributed by atoms with van der Waals surface area (Å²) in [6.07, 6.45) is 0.692. The number of oxazole rings is 1. The van der Waals surface area contributed by atoms with Crippen molar-refractivity contribution in [3.8, 4) is 17.3 Å². The van der Waals surface area contributed by atoms with E-state index in [9.17, 15) is 0 Å². The molecule has 3 aromatic rings. The molecule has 0 aliphatic rings.